The Hall–Kier alpha value is -1.60. The van der Waals surface area contributed by atoms with Crippen molar-refractivity contribution >= 4 is 35.6 Å². The van der Waals surface area contributed by atoms with E-state index < -0.39 is 19.6 Å². The lowest BCUT2D eigenvalue weighted by atomic mass is 9.81. The van der Waals surface area contributed by atoms with E-state index in [0.29, 0.717) is 5.56 Å². The maximum absolute atomic E-state index is 12.8. The van der Waals surface area contributed by atoms with E-state index in [1.165, 1.54) is 11.8 Å². The molecule has 1 aromatic rings. The van der Waals surface area contributed by atoms with Crippen LogP contribution in [0.2, 0.25) is 0 Å². The Kier molecular flexibility index (Phi) is 2.35. The highest BCUT2D eigenvalue weighted by atomic mass is 32.2. The molecule has 21 heavy (non-hydrogen) atoms. The Morgan fingerprint density at radius 1 is 1.29 bits per heavy atom. The van der Waals surface area contributed by atoms with Crippen LogP contribution < -0.4 is 0 Å². The molecule has 2 heterocycles. The van der Waals surface area contributed by atoms with Crippen LogP contribution in [0.3, 0.4) is 0 Å². The summed E-state index contributed by atoms with van der Waals surface area (Å²) in [4.78, 5) is 33.8. The van der Waals surface area contributed by atoms with Crippen molar-refractivity contribution in [3.63, 3.8) is 0 Å². The van der Waals surface area contributed by atoms with Crippen LogP contribution in [-0.2, 0) is 4.79 Å². The molecule has 0 amide bonds. The number of ketones is 1. The van der Waals surface area contributed by atoms with Gasteiger partial charge in [-0.2, -0.15) is 0 Å². The van der Waals surface area contributed by atoms with Crippen molar-refractivity contribution in [3.8, 4) is 0 Å². The zero-order valence-corrected chi connectivity index (χ0v) is 12.2. The van der Waals surface area contributed by atoms with E-state index >= 15 is 0 Å². The summed E-state index contributed by atoms with van der Waals surface area (Å²) in [7, 11) is 0. The summed E-state index contributed by atoms with van der Waals surface area (Å²) in [6.07, 6.45) is 3.98. The molecule has 0 radical (unpaired) electrons. The molecule has 4 rings (SSSR count). The van der Waals surface area contributed by atoms with Crippen molar-refractivity contribution in [2.24, 2.45) is 0 Å². The number of benzene rings is 1. The monoisotopic (exact) mass is 319 g/mol. The van der Waals surface area contributed by atoms with Gasteiger partial charge < -0.3 is 4.79 Å². The largest absolute Gasteiger partial charge is 0.308 e. The van der Waals surface area contributed by atoms with Crippen LogP contribution in [0.1, 0.15) is 10.4 Å². The van der Waals surface area contributed by atoms with Gasteiger partial charge in [-0.3, -0.25) is 14.9 Å². The first-order valence-electron chi connectivity index (χ1n) is 6.31. The molecule has 0 spiro atoms. The number of carbonyl (C=O) groups excluding carboxylic acids is 2. The van der Waals surface area contributed by atoms with Crippen LogP contribution in [-0.4, -0.2) is 36.6 Å². The van der Waals surface area contributed by atoms with Gasteiger partial charge in [-0.1, -0.05) is 42.5 Å². The summed E-state index contributed by atoms with van der Waals surface area (Å²) in [6.45, 7) is 0. The van der Waals surface area contributed by atoms with E-state index in [0.717, 1.165) is 18.0 Å². The molecule has 0 N–H and O–H groups in total. The molecule has 4 unspecified atom stereocenters. The SMILES string of the molecule is O=CC12C=CC3(C(=O)c4ccccc4)SC3([N+](=O)[O-])C1S2. The normalized spacial score (nSPS) is 41.6. The Balaban J connectivity index is 1.81. The van der Waals surface area contributed by atoms with Gasteiger partial charge in [0.2, 0.25) is 0 Å². The molecule has 3 aliphatic rings. The van der Waals surface area contributed by atoms with Gasteiger partial charge in [0.1, 0.15) is 16.3 Å². The van der Waals surface area contributed by atoms with Crippen molar-refractivity contribution in [3.05, 3.63) is 58.2 Å². The minimum atomic E-state index is -1.40. The lowest BCUT2D eigenvalue weighted by Gasteiger charge is -2.17. The molecule has 5 nitrogen and oxygen atoms in total. The first-order chi connectivity index (χ1) is 10.0. The fourth-order valence-electron chi connectivity index (χ4n) is 3.04. The number of hydrogen-bond acceptors (Lipinski definition) is 6. The quantitative estimate of drug-likeness (QED) is 0.211. The Labute approximate surface area is 128 Å². The maximum Gasteiger partial charge on any atom is 0.308 e. The van der Waals surface area contributed by atoms with E-state index in [9.17, 15) is 19.7 Å². The number of nitro groups is 1. The van der Waals surface area contributed by atoms with Crippen molar-refractivity contribution in [1.82, 2.24) is 0 Å². The first-order valence-corrected chi connectivity index (χ1v) is 8.01. The van der Waals surface area contributed by atoms with Gasteiger partial charge in [0.25, 0.3) is 0 Å². The first kappa shape index (κ1) is 13.1. The number of Topliss-reactive ketones (excluding diaryl/α,β-unsaturated/α-hetero) is 1. The molecule has 2 aliphatic heterocycles. The van der Waals surface area contributed by atoms with E-state index in [1.807, 2.05) is 0 Å². The molecule has 1 aliphatic carbocycles. The van der Waals surface area contributed by atoms with Crippen LogP contribution in [0.5, 0.6) is 0 Å². The van der Waals surface area contributed by atoms with Gasteiger partial charge in [-0.25, -0.2) is 0 Å². The maximum atomic E-state index is 12.8. The predicted molar refractivity (Wildman–Crippen MR) is 80.1 cm³/mol. The zero-order chi connectivity index (χ0) is 14.9. The summed E-state index contributed by atoms with van der Waals surface area (Å²) in [6, 6.07) is 8.59. The van der Waals surface area contributed by atoms with Gasteiger partial charge in [0.15, 0.2) is 10.5 Å². The van der Waals surface area contributed by atoms with Crippen molar-refractivity contribution in [2.45, 2.75) is 19.6 Å². The lowest BCUT2D eigenvalue weighted by molar-refractivity contribution is -0.526. The van der Waals surface area contributed by atoms with Crippen LogP contribution >= 0.6 is 23.5 Å². The third-order valence-corrected chi connectivity index (χ3v) is 7.75. The second-order valence-corrected chi connectivity index (χ2v) is 8.17. The smallest absolute Gasteiger partial charge is 0.301 e. The predicted octanol–water partition coefficient (Wildman–Crippen LogP) is 1.95. The van der Waals surface area contributed by atoms with Crippen LogP contribution in [0.4, 0.5) is 0 Å². The molecule has 2 saturated heterocycles. The number of rotatable bonds is 4. The average molecular weight is 319 g/mol. The number of nitrogens with zero attached hydrogens (tertiary/aromatic N) is 1. The molecule has 1 aromatic carbocycles. The third kappa shape index (κ3) is 1.36. The van der Waals surface area contributed by atoms with Crippen molar-refractivity contribution in [1.29, 1.82) is 0 Å². The van der Waals surface area contributed by atoms with Gasteiger partial charge >= 0.3 is 4.87 Å². The van der Waals surface area contributed by atoms with Crippen LogP contribution in [0.15, 0.2) is 42.5 Å². The van der Waals surface area contributed by atoms with Crippen molar-refractivity contribution in [2.75, 3.05) is 0 Å². The van der Waals surface area contributed by atoms with Crippen LogP contribution in [0, 0.1) is 10.1 Å². The van der Waals surface area contributed by atoms with Gasteiger partial charge in [0.05, 0.1) is 0 Å². The number of hydrogen-bond donors (Lipinski definition) is 0. The van der Waals surface area contributed by atoms with Crippen molar-refractivity contribution < 1.29 is 14.5 Å². The minimum Gasteiger partial charge on any atom is -0.301 e. The molecule has 2 fully saturated rings. The van der Waals surface area contributed by atoms with E-state index in [-0.39, 0.29) is 10.7 Å². The molecule has 0 aromatic heterocycles. The number of fused-ring (bicyclic) bond motifs is 3. The minimum absolute atomic E-state index is 0.256. The summed E-state index contributed by atoms with van der Waals surface area (Å²) in [5.41, 5.74) is 0.461. The molecule has 4 atom stereocenters. The third-order valence-electron chi connectivity index (χ3n) is 4.24. The molecular weight excluding hydrogens is 310 g/mol. The molecular formula is C14H9NO4S2. The fourth-order valence-corrected chi connectivity index (χ4v) is 6.27. The highest BCUT2D eigenvalue weighted by molar-refractivity contribution is 8.15. The molecule has 7 heteroatoms. The summed E-state index contributed by atoms with van der Waals surface area (Å²) < 4.78 is -1.98. The summed E-state index contributed by atoms with van der Waals surface area (Å²) in [5, 5.41) is 11.2. The second-order valence-electron chi connectivity index (χ2n) is 5.29. The number of aldehydes is 1. The number of thioether (sulfide) groups is 2. The molecule has 0 bridgehead atoms. The topological polar surface area (TPSA) is 77.3 Å². The fraction of sp³-hybridized carbons (Fsp3) is 0.286. The molecule has 106 valence electrons. The van der Waals surface area contributed by atoms with E-state index in [2.05, 4.69) is 0 Å². The second kappa shape index (κ2) is 3.78. The Bertz CT molecular complexity index is 721. The Morgan fingerprint density at radius 3 is 2.62 bits per heavy atom. The average Bonchev–Trinajstić information content (AvgIpc) is 3.37. The van der Waals surface area contributed by atoms with Gasteiger partial charge in [-0.05, 0) is 11.8 Å². The molecule has 0 saturated carbocycles. The van der Waals surface area contributed by atoms with E-state index in [1.54, 1.807) is 42.5 Å². The number of carbonyl (C=O) groups is 2. The standard InChI is InChI=1S/C14H9NO4S2/c16-8-12-6-7-13(10(17)9-4-2-1-3-5-9)14(21-13,15(18)19)11(12)20-12/h1-8,11H. The van der Waals surface area contributed by atoms with Gasteiger partial charge in [-0.15, -0.1) is 11.8 Å². The lowest BCUT2D eigenvalue weighted by Crippen LogP contribution is -2.47. The highest BCUT2D eigenvalue weighted by Gasteiger charge is 2.94. The van der Waals surface area contributed by atoms with E-state index in [4.69, 9.17) is 0 Å². The summed E-state index contributed by atoms with van der Waals surface area (Å²) >= 11 is 2.32. The van der Waals surface area contributed by atoms with Gasteiger partial charge in [0, 0.05) is 10.5 Å². The highest BCUT2D eigenvalue weighted by Crippen LogP contribution is 2.80. The summed E-state index contributed by atoms with van der Waals surface area (Å²) in [5.74, 6) is -0.256. The Morgan fingerprint density at radius 2 is 2.00 bits per heavy atom. The van der Waals surface area contributed by atoms with Crippen LogP contribution in [0.25, 0.3) is 0 Å². The zero-order valence-electron chi connectivity index (χ0n) is 10.6.